The lowest BCUT2D eigenvalue weighted by Crippen LogP contribution is -2.15. The molecule has 0 unspecified atom stereocenters. The van der Waals surface area contributed by atoms with Crippen LogP contribution < -0.4 is 5.32 Å². The second-order valence-electron chi connectivity index (χ2n) is 4.82. The zero-order valence-electron chi connectivity index (χ0n) is 12.0. The van der Waals surface area contributed by atoms with Gasteiger partial charge in [0, 0.05) is 10.6 Å². The van der Waals surface area contributed by atoms with E-state index >= 15 is 0 Å². The number of ketones is 1. The summed E-state index contributed by atoms with van der Waals surface area (Å²) in [6.45, 7) is 0. The van der Waals surface area contributed by atoms with Crippen LogP contribution in [0.1, 0.15) is 26.5 Å². The van der Waals surface area contributed by atoms with Gasteiger partial charge in [0.2, 0.25) is 5.78 Å². The Balaban J connectivity index is 1.94. The maximum Gasteiger partial charge on any atom is 0.255 e. The first-order chi connectivity index (χ1) is 11.1. The molecule has 5 heteroatoms. The van der Waals surface area contributed by atoms with Crippen molar-refractivity contribution in [1.82, 2.24) is 0 Å². The first-order valence-electron chi connectivity index (χ1n) is 6.89. The Morgan fingerprint density at radius 3 is 2.43 bits per heavy atom. The highest BCUT2D eigenvalue weighted by Crippen LogP contribution is 2.24. The summed E-state index contributed by atoms with van der Waals surface area (Å²) in [4.78, 5) is 24.8. The minimum atomic E-state index is -0.346. The van der Waals surface area contributed by atoms with E-state index in [0.29, 0.717) is 16.3 Å². The van der Waals surface area contributed by atoms with Crippen molar-refractivity contribution < 1.29 is 14.0 Å². The van der Waals surface area contributed by atoms with Crippen molar-refractivity contribution in [2.75, 3.05) is 5.32 Å². The number of anilines is 1. The van der Waals surface area contributed by atoms with Gasteiger partial charge in [0.1, 0.15) is 0 Å². The van der Waals surface area contributed by atoms with Gasteiger partial charge in [-0.05, 0) is 42.5 Å². The van der Waals surface area contributed by atoms with Gasteiger partial charge in [-0.15, -0.1) is 0 Å². The highest BCUT2D eigenvalue weighted by Gasteiger charge is 2.18. The maximum absolute atomic E-state index is 12.5. The van der Waals surface area contributed by atoms with Crippen LogP contribution in [0.5, 0.6) is 0 Å². The summed E-state index contributed by atoms with van der Waals surface area (Å²) in [5.74, 6) is -0.468. The lowest BCUT2D eigenvalue weighted by atomic mass is 10.1. The molecule has 114 valence electrons. The van der Waals surface area contributed by atoms with Crippen LogP contribution in [0, 0.1) is 0 Å². The molecule has 0 aliphatic carbocycles. The topological polar surface area (TPSA) is 59.3 Å². The first kappa shape index (κ1) is 15.1. The van der Waals surface area contributed by atoms with Crippen molar-refractivity contribution in [2.45, 2.75) is 0 Å². The zero-order valence-corrected chi connectivity index (χ0v) is 12.7. The summed E-state index contributed by atoms with van der Waals surface area (Å²) in [6, 6.07) is 16.7. The van der Waals surface area contributed by atoms with E-state index in [-0.39, 0.29) is 23.0 Å². The van der Waals surface area contributed by atoms with Crippen molar-refractivity contribution in [3.05, 3.63) is 88.8 Å². The molecule has 1 aromatic heterocycles. The highest BCUT2D eigenvalue weighted by atomic mass is 35.5. The smallest absolute Gasteiger partial charge is 0.255 e. The first-order valence-corrected chi connectivity index (χ1v) is 7.27. The molecule has 0 saturated heterocycles. The third kappa shape index (κ3) is 3.33. The van der Waals surface area contributed by atoms with E-state index in [1.54, 1.807) is 48.5 Å². The number of carbonyl (C=O) groups is 2. The van der Waals surface area contributed by atoms with Gasteiger partial charge in [0.05, 0.1) is 17.5 Å². The Morgan fingerprint density at radius 1 is 0.957 bits per heavy atom. The molecule has 1 amide bonds. The number of halogens is 1. The lowest BCUT2D eigenvalue weighted by Gasteiger charge is -2.10. The molecule has 1 N–H and O–H groups in total. The second-order valence-corrected chi connectivity index (χ2v) is 5.25. The second kappa shape index (κ2) is 6.50. The van der Waals surface area contributed by atoms with Gasteiger partial charge >= 0.3 is 0 Å². The van der Waals surface area contributed by atoms with E-state index in [2.05, 4.69) is 5.32 Å². The number of carbonyl (C=O) groups excluding carboxylic acids is 2. The summed E-state index contributed by atoms with van der Waals surface area (Å²) < 4.78 is 5.13. The van der Waals surface area contributed by atoms with Crippen LogP contribution in [0.4, 0.5) is 5.69 Å². The molecule has 0 spiro atoms. The largest absolute Gasteiger partial charge is 0.461 e. The van der Waals surface area contributed by atoms with Crippen molar-refractivity contribution in [3.63, 3.8) is 0 Å². The fraction of sp³-hybridized carbons (Fsp3) is 0. The highest BCUT2D eigenvalue weighted by molar-refractivity contribution is 6.31. The van der Waals surface area contributed by atoms with Gasteiger partial charge < -0.3 is 9.73 Å². The van der Waals surface area contributed by atoms with Crippen LogP contribution in [-0.2, 0) is 0 Å². The average molecular weight is 326 g/mol. The number of hydrogen-bond donors (Lipinski definition) is 1. The quantitative estimate of drug-likeness (QED) is 0.722. The van der Waals surface area contributed by atoms with Gasteiger partial charge in [-0.2, -0.15) is 0 Å². The molecule has 4 nitrogen and oxygen atoms in total. The molecule has 0 saturated carbocycles. The Labute approximate surface area is 137 Å². The third-order valence-corrected chi connectivity index (χ3v) is 3.49. The van der Waals surface area contributed by atoms with Crippen LogP contribution in [0.15, 0.2) is 71.3 Å². The van der Waals surface area contributed by atoms with Crippen molar-refractivity contribution in [1.29, 1.82) is 0 Å². The van der Waals surface area contributed by atoms with Crippen LogP contribution in [0.3, 0.4) is 0 Å². The molecule has 23 heavy (non-hydrogen) atoms. The Morgan fingerprint density at radius 2 is 1.74 bits per heavy atom. The minimum absolute atomic E-state index is 0.183. The Hall–Kier alpha value is -2.85. The molecule has 0 aliphatic rings. The molecule has 0 radical (unpaired) electrons. The van der Waals surface area contributed by atoms with Gasteiger partial charge in [-0.1, -0.05) is 29.8 Å². The number of amides is 1. The van der Waals surface area contributed by atoms with E-state index in [1.807, 2.05) is 6.07 Å². The van der Waals surface area contributed by atoms with E-state index < -0.39 is 0 Å². The van der Waals surface area contributed by atoms with Crippen LogP contribution in [-0.4, -0.2) is 11.7 Å². The number of nitrogens with one attached hydrogen (secondary N) is 1. The van der Waals surface area contributed by atoms with Crippen LogP contribution >= 0.6 is 11.6 Å². The van der Waals surface area contributed by atoms with Crippen LogP contribution in [0.2, 0.25) is 5.02 Å². The number of hydrogen-bond acceptors (Lipinski definition) is 3. The van der Waals surface area contributed by atoms with E-state index in [9.17, 15) is 9.59 Å². The van der Waals surface area contributed by atoms with Gasteiger partial charge in [-0.3, -0.25) is 9.59 Å². The SMILES string of the molecule is O=C(Nc1ccc(Cl)cc1C(=O)c1ccco1)c1ccccc1. The zero-order chi connectivity index (χ0) is 16.2. The van der Waals surface area contributed by atoms with Crippen LogP contribution in [0.25, 0.3) is 0 Å². The van der Waals surface area contributed by atoms with Crippen molar-refractivity contribution >= 4 is 29.0 Å². The third-order valence-electron chi connectivity index (χ3n) is 3.26. The summed E-state index contributed by atoms with van der Waals surface area (Å²) in [5, 5.41) is 3.14. The lowest BCUT2D eigenvalue weighted by molar-refractivity contribution is 0.101. The molecular formula is C18H12ClNO3. The van der Waals surface area contributed by atoms with E-state index in [1.165, 1.54) is 12.3 Å². The molecule has 3 aromatic rings. The molecule has 1 heterocycles. The number of rotatable bonds is 4. The molecule has 0 aliphatic heterocycles. The van der Waals surface area contributed by atoms with E-state index in [0.717, 1.165) is 0 Å². The summed E-state index contributed by atoms with van der Waals surface area (Å²) in [6.07, 6.45) is 1.42. The predicted octanol–water partition coefficient (Wildman–Crippen LogP) is 4.42. The van der Waals surface area contributed by atoms with Gasteiger partial charge in [0.25, 0.3) is 5.91 Å². The molecule has 0 bridgehead atoms. The summed E-state index contributed by atoms with van der Waals surface area (Å²) >= 11 is 5.98. The van der Waals surface area contributed by atoms with Gasteiger partial charge in [0.15, 0.2) is 5.76 Å². The average Bonchev–Trinajstić information content (AvgIpc) is 3.11. The number of furan rings is 1. The predicted molar refractivity (Wildman–Crippen MR) is 88.0 cm³/mol. The maximum atomic E-state index is 12.5. The van der Waals surface area contributed by atoms with Gasteiger partial charge in [-0.25, -0.2) is 0 Å². The minimum Gasteiger partial charge on any atom is -0.461 e. The number of benzene rings is 2. The molecule has 0 fully saturated rings. The normalized spacial score (nSPS) is 10.3. The standard InChI is InChI=1S/C18H12ClNO3/c19-13-8-9-15(20-18(22)12-5-2-1-3-6-12)14(11-13)17(21)16-7-4-10-23-16/h1-11H,(H,20,22). The Bertz CT molecular complexity index is 842. The summed E-state index contributed by atoms with van der Waals surface area (Å²) in [5.41, 5.74) is 1.15. The fourth-order valence-electron chi connectivity index (χ4n) is 2.14. The molecule has 0 atom stereocenters. The molecule has 2 aromatic carbocycles. The van der Waals surface area contributed by atoms with Crippen molar-refractivity contribution in [2.24, 2.45) is 0 Å². The monoisotopic (exact) mass is 325 g/mol. The Kier molecular flexibility index (Phi) is 4.26. The molecule has 3 rings (SSSR count). The van der Waals surface area contributed by atoms with E-state index in [4.69, 9.17) is 16.0 Å². The fourth-order valence-corrected chi connectivity index (χ4v) is 2.31. The molecular weight excluding hydrogens is 314 g/mol. The van der Waals surface area contributed by atoms with Crippen molar-refractivity contribution in [3.8, 4) is 0 Å². The summed E-state index contributed by atoms with van der Waals surface area (Å²) in [7, 11) is 0.